The van der Waals surface area contributed by atoms with Gasteiger partial charge in [0.15, 0.2) is 0 Å². The monoisotopic (exact) mass is 134 g/mol. The molecule has 0 N–H and O–H groups in total. The predicted molar refractivity (Wildman–Crippen MR) is 43.3 cm³/mol. The van der Waals surface area contributed by atoms with Crippen LogP contribution in [0.15, 0.2) is 25.4 Å². The first-order valence-electron chi connectivity index (χ1n) is 3.07. The number of allylic oxidation sites excluding steroid dienone is 1. The van der Waals surface area contributed by atoms with Crippen molar-refractivity contribution in [2.24, 2.45) is 0 Å². The minimum Gasteiger partial charge on any atom is -0.241 e. The summed E-state index contributed by atoms with van der Waals surface area (Å²) in [4.78, 5) is 0. The molecule has 0 saturated carbocycles. The van der Waals surface area contributed by atoms with E-state index < -0.39 is 0 Å². The molecule has 0 aliphatic heterocycles. The maximum atomic E-state index is 3.99. The number of hydrogen-bond donors (Lipinski definition) is 0. The van der Waals surface area contributed by atoms with E-state index in [0.29, 0.717) is 0 Å². The Morgan fingerprint density at radius 1 is 1.80 bits per heavy atom. The molecule has 1 aromatic rings. The molecule has 0 radical (unpaired) electrons. The van der Waals surface area contributed by atoms with Crippen LogP contribution in [0.3, 0.4) is 0 Å². The Hall–Kier alpha value is -1.31. The molecule has 2 heteroatoms. The lowest BCUT2D eigenvalue weighted by Gasteiger charge is -1.98. The Morgan fingerprint density at radius 3 is 2.90 bits per heavy atom. The Balaban J connectivity index is 3.13. The summed E-state index contributed by atoms with van der Waals surface area (Å²) < 4.78 is 1.70. The molecule has 52 valence electrons. The molecule has 0 spiro atoms. The summed E-state index contributed by atoms with van der Waals surface area (Å²) >= 11 is 0. The first kappa shape index (κ1) is 6.81. The lowest BCUT2D eigenvalue weighted by atomic mass is 10.2. The summed E-state index contributed by atoms with van der Waals surface area (Å²) in [5.41, 5.74) is 2.01. The van der Waals surface area contributed by atoms with Gasteiger partial charge in [0, 0.05) is 12.4 Å². The lowest BCUT2D eigenvalue weighted by Crippen LogP contribution is -1.92. The van der Waals surface area contributed by atoms with E-state index in [1.807, 2.05) is 13.0 Å². The van der Waals surface area contributed by atoms with Crippen molar-refractivity contribution >= 4 is 11.8 Å². The summed E-state index contributed by atoms with van der Waals surface area (Å²) in [5, 5.41) is 3.99. The average molecular weight is 134 g/mol. The van der Waals surface area contributed by atoms with Gasteiger partial charge in [-0.25, -0.2) is 4.68 Å². The Labute approximate surface area is 60.5 Å². The van der Waals surface area contributed by atoms with Crippen LogP contribution in [0.5, 0.6) is 0 Å². The predicted octanol–water partition coefficient (Wildman–Crippen LogP) is 2.02. The van der Waals surface area contributed by atoms with Crippen molar-refractivity contribution in [1.82, 2.24) is 9.78 Å². The molecular formula is C8H10N2. The minimum atomic E-state index is 0.998. The van der Waals surface area contributed by atoms with Gasteiger partial charge in [0.05, 0.1) is 5.69 Å². The van der Waals surface area contributed by atoms with Crippen LogP contribution in [0.1, 0.15) is 12.6 Å². The van der Waals surface area contributed by atoms with Crippen LogP contribution in [-0.2, 0) is 0 Å². The van der Waals surface area contributed by atoms with Crippen molar-refractivity contribution in [3.8, 4) is 0 Å². The van der Waals surface area contributed by atoms with Crippen LogP contribution in [0.4, 0.5) is 0 Å². The summed E-state index contributed by atoms with van der Waals surface area (Å²) in [6.45, 7) is 9.34. The number of nitrogens with zero attached hydrogens (tertiary/aromatic N) is 2. The van der Waals surface area contributed by atoms with Crippen LogP contribution in [0, 0.1) is 0 Å². The molecule has 0 aliphatic carbocycles. The molecule has 1 rings (SSSR count). The fourth-order valence-corrected chi connectivity index (χ4v) is 0.798. The van der Waals surface area contributed by atoms with Crippen molar-refractivity contribution in [2.75, 3.05) is 0 Å². The van der Waals surface area contributed by atoms with Crippen molar-refractivity contribution in [3.63, 3.8) is 0 Å². The van der Waals surface area contributed by atoms with Gasteiger partial charge in [0.1, 0.15) is 0 Å². The third kappa shape index (κ3) is 1.00. The topological polar surface area (TPSA) is 17.8 Å². The van der Waals surface area contributed by atoms with Crippen molar-refractivity contribution < 1.29 is 0 Å². The molecule has 10 heavy (non-hydrogen) atoms. The largest absolute Gasteiger partial charge is 0.241 e. The molecule has 0 amide bonds. The zero-order valence-electron chi connectivity index (χ0n) is 6.04. The minimum absolute atomic E-state index is 0.998. The summed E-state index contributed by atoms with van der Waals surface area (Å²) in [5.74, 6) is 0. The van der Waals surface area contributed by atoms with Gasteiger partial charge in [-0.15, -0.1) is 0 Å². The van der Waals surface area contributed by atoms with Crippen molar-refractivity contribution in [1.29, 1.82) is 0 Å². The summed E-state index contributed by atoms with van der Waals surface area (Å²) in [7, 11) is 0. The highest BCUT2D eigenvalue weighted by molar-refractivity contribution is 5.59. The van der Waals surface area contributed by atoms with E-state index in [0.717, 1.165) is 11.3 Å². The van der Waals surface area contributed by atoms with Gasteiger partial charge >= 0.3 is 0 Å². The molecule has 0 atom stereocenters. The Morgan fingerprint density at radius 2 is 2.50 bits per heavy atom. The average Bonchev–Trinajstić information content (AvgIpc) is 2.33. The van der Waals surface area contributed by atoms with Crippen LogP contribution >= 0.6 is 0 Å². The highest BCUT2D eigenvalue weighted by Crippen LogP contribution is 2.09. The van der Waals surface area contributed by atoms with Gasteiger partial charge in [-0.3, -0.25) is 0 Å². The third-order valence-corrected chi connectivity index (χ3v) is 1.28. The fourth-order valence-electron chi connectivity index (χ4n) is 0.798. The van der Waals surface area contributed by atoms with Gasteiger partial charge in [-0.2, -0.15) is 5.10 Å². The first-order valence-corrected chi connectivity index (χ1v) is 3.07. The van der Waals surface area contributed by atoms with Crippen molar-refractivity contribution in [3.05, 3.63) is 31.1 Å². The number of hydrogen-bond acceptors (Lipinski definition) is 1. The van der Waals surface area contributed by atoms with E-state index in [1.54, 1.807) is 17.1 Å². The van der Waals surface area contributed by atoms with Crippen LogP contribution in [0.2, 0.25) is 0 Å². The first-order chi connectivity index (χ1) is 4.75. The van der Waals surface area contributed by atoms with Crippen LogP contribution in [-0.4, -0.2) is 9.78 Å². The second-order valence-corrected chi connectivity index (χ2v) is 2.12. The van der Waals surface area contributed by atoms with Gasteiger partial charge in [0.25, 0.3) is 0 Å². The maximum absolute atomic E-state index is 3.99. The normalized spacial score (nSPS) is 9.30. The lowest BCUT2D eigenvalue weighted by molar-refractivity contribution is 0.921. The quantitative estimate of drug-likeness (QED) is 0.605. The van der Waals surface area contributed by atoms with E-state index in [1.165, 1.54) is 0 Å². The summed E-state index contributed by atoms with van der Waals surface area (Å²) in [6, 6.07) is 1.91. The standard InChI is InChI=1S/C8H10N2/c1-4-10-8(7(2)3)5-6-9-10/h4-6H,1-2H2,3H3. The molecule has 0 bridgehead atoms. The zero-order valence-corrected chi connectivity index (χ0v) is 6.04. The smallest absolute Gasteiger partial charge is 0.0684 e. The SMILES string of the molecule is C=Cn1nccc1C(=C)C. The second kappa shape index (κ2) is 2.52. The molecular weight excluding hydrogens is 124 g/mol. The number of aromatic nitrogens is 2. The van der Waals surface area contributed by atoms with E-state index in [4.69, 9.17) is 0 Å². The molecule has 0 fully saturated rings. The molecule has 1 heterocycles. The van der Waals surface area contributed by atoms with Crippen molar-refractivity contribution in [2.45, 2.75) is 6.92 Å². The van der Waals surface area contributed by atoms with Gasteiger partial charge in [-0.05, 0) is 18.6 Å². The molecule has 0 unspecified atom stereocenters. The maximum Gasteiger partial charge on any atom is 0.0684 e. The van der Waals surface area contributed by atoms with Gasteiger partial charge in [-0.1, -0.05) is 13.2 Å². The fraction of sp³-hybridized carbons (Fsp3) is 0.125. The highest BCUT2D eigenvalue weighted by Gasteiger charge is 1.97. The highest BCUT2D eigenvalue weighted by atomic mass is 15.3. The third-order valence-electron chi connectivity index (χ3n) is 1.28. The zero-order chi connectivity index (χ0) is 7.56. The van der Waals surface area contributed by atoms with E-state index in [2.05, 4.69) is 18.3 Å². The Bertz CT molecular complexity index is 258. The van der Waals surface area contributed by atoms with Crippen LogP contribution < -0.4 is 0 Å². The molecule has 0 aliphatic rings. The second-order valence-electron chi connectivity index (χ2n) is 2.12. The Kier molecular flexibility index (Phi) is 1.71. The van der Waals surface area contributed by atoms with E-state index >= 15 is 0 Å². The number of rotatable bonds is 2. The van der Waals surface area contributed by atoms with E-state index in [9.17, 15) is 0 Å². The summed E-state index contributed by atoms with van der Waals surface area (Å²) in [6.07, 6.45) is 3.38. The molecule has 0 saturated heterocycles. The van der Waals surface area contributed by atoms with E-state index in [-0.39, 0.29) is 0 Å². The molecule has 2 nitrogen and oxygen atoms in total. The molecule has 0 aromatic carbocycles. The van der Waals surface area contributed by atoms with Gasteiger partial charge < -0.3 is 0 Å². The van der Waals surface area contributed by atoms with Gasteiger partial charge in [0.2, 0.25) is 0 Å². The van der Waals surface area contributed by atoms with Crippen LogP contribution in [0.25, 0.3) is 11.8 Å². The molecule has 1 aromatic heterocycles.